The van der Waals surface area contributed by atoms with Crippen LogP contribution in [0.1, 0.15) is 43.7 Å². The second kappa shape index (κ2) is 7.33. The lowest BCUT2D eigenvalue weighted by Gasteiger charge is -2.39. The van der Waals surface area contributed by atoms with Gasteiger partial charge in [-0.25, -0.2) is 4.98 Å². The number of hydrogen-bond acceptors (Lipinski definition) is 5. The molecule has 2 unspecified atom stereocenters. The Bertz CT molecular complexity index is 489. The molecule has 0 spiro atoms. The summed E-state index contributed by atoms with van der Waals surface area (Å²) in [6.45, 7) is 6.66. The number of aromatic nitrogens is 1. The van der Waals surface area contributed by atoms with Gasteiger partial charge in [0.2, 0.25) is 5.91 Å². The summed E-state index contributed by atoms with van der Waals surface area (Å²) in [6.07, 6.45) is 4.05. The normalized spacial score (nSPS) is 23.2. The Labute approximate surface area is 130 Å². The van der Waals surface area contributed by atoms with E-state index >= 15 is 0 Å². The van der Waals surface area contributed by atoms with Crippen LogP contribution in [0.15, 0.2) is 0 Å². The Balaban J connectivity index is 1.96. The fourth-order valence-corrected chi connectivity index (χ4v) is 3.87. The highest BCUT2D eigenvalue weighted by molar-refractivity contribution is 7.15. The molecule has 1 fully saturated rings. The predicted molar refractivity (Wildman–Crippen MR) is 85.8 cm³/mol. The van der Waals surface area contributed by atoms with Crippen LogP contribution in [0.25, 0.3) is 0 Å². The maximum atomic E-state index is 12.2. The molecular weight excluding hydrogens is 286 g/mol. The number of piperidine rings is 1. The minimum absolute atomic E-state index is 0.0430. The molecule has 0 radical (unpaired) electrons. The zero-order chi connectivity index (χ0) is 15.4. The van der Waals surface area contributed by atoms with Gasteiger partial charge in [-0.15, -0.1) is 11.3 Å². The molecule has 6 heteroatoms. The Kier molecular flexibility index (Phi) is 5.72. The van der Waals surface area contributed by atoms with Crippen LogP contribution in [0.5, 0.6) is 0 Å². The number of carbonyl (C=O) groups excluding carboxylic acids is 1. The van der Waals surface area contributed by atoms with Crippen molar-refractivity contribution in [3.63, 3.8) is 0 Å². The van der Waals surface area contributed by atoms with Gasteiger partial charge in [0, 0.05) is 17.0 Å². The molecule has 0 saturated carbocycles. The van der Waals surface area contributed by atoms with Crippen molar-refractivity contribution in [2.24, 2.45) is 0 Å². The van der Waals surface area contributed by atoms with E-state index in [0.29, 0.717) is 17.7 Å². The van der Waals surface area contributed by atoms with Crippen molar-refractivity contribution in [1.29, 1.82) is 0 Å². The number of amides is 1. The first-order valence-corrected chi connectivity index (χ1v) is 8.49. The molecule has 2 heterocycles. The van der Waals surface area contributed by atoms with Gasteiger partial charge in [-0.1, -0.05) is 13.3 Å². The maximum Gasteiger partial charge on any atom is 0.240 e. The third-order valence-corrected chi connectivity index (χ3v) is 5.13. The lowest BCUT2D eigenvalue weighted by molar-refractivity contribution is -0.119. The lowest BCUT2D eigenvalue weighted by atomic mass is 9.97. The lowest BCUT2D eigenvalue weighted by Crippen LogP contribution is -2.50. The SMILES string of the molecule is CCc1nc(NC(=O)CN2C(C)CCCC2CO)sc1C. The molecule has 1 aromatic rings. The van der Waals surface area contributed by atoms with Gasteiger partial charge in [0.05, 0.1) is 18.8 Å². The van der Waals surface area contributed by atoms with Crippen LogP contribution >= 0.6 is 11.3 Å². The van der Waals surface area contributed by atoms with Crippen molar-refractivity contribution in [3.8, 4) is 0 Å². The smallest absolute Gasteiger partial charge is 0.240 e. The van der Waals surface area contributed by atoms with Gasteiger partial charge in [-0.05, 0) is 33.1 Å². The molecular formula is C15H25N3O2S. The van der Waals surface area contributed by atoms with E-state index in [0.717, 1.165) is 36.3 Å². The molecule has 2 atom stereocenters. The second-order valence-corrected chi connectivity index (χ2v) is 6.92. The van der Waals surface area contributed by atoms with E-state index in [2.05, 4.69) is 29.0 Å². The molecule has 118 valence electrons. The van der Waals surface area contributed by atoms with E-state index in [1.807, 2.05) is 6.92 Å². The summed E-state index contributed by atoms with van der Waals surface area (Å²) in [7, 11) is 0. The van der Waals surface area contributed by atoms with Crippen LogP contribution in [0.2, 0.25) is 0 Å². The quantitative estimate of drug-likeness (QED) is 0.875. The molecule has 1 amide bonds. The number of aliphatic hydroxyl groups excluding tert-OH is 1. The van der Waals surface area contributed by atoms with E-state index in [9.17, 15) is 9.90 Å². The van der Waals surface area contributed by atoms with Gasteiger partial charge < -0.3 is 10.4 Å². The predicted octanol–water partition coefficient (Wildman–Crippen LogP) is 2.19. The molecule has 1 aliphatic heterocycles. The largest absolute Gasteiger partial charge is 0.395 e. The molecule has 0 aromatic carbocycles. The number of likely N-dealkylation sites (tertiary alicyclic amines) is 1. The van der Waals surface area contributed by atoms with Crippen LogP contribution in [0.3, 0.4) is 0 Å². The van der Waals surface area contributed by atoms with Crippen LogP contribution < -0.4 is 5.32 Å². The minimum atomic E-state index is -0.0430. The fraction of sp³-hybridized carbons (Fsp3) is 0.733. The first-order chi connectivity index (χ1) is 10.0. The number of aryl methyl sites for hydroxylation is 2. The van der Waals surface area contributed by atoms with Gasteiger partial charge in [0.15, 0.2) is 5.13 Å². The number of carbonyl (C=O) groups is 1. The number of anilines is 1. The highest BCUT2D eigenvalue weighted by Crippen LogP contribution is 2.24. The summed E-state index contributed by atoms with van der Waals surface area (Å²) in [5, 5.41) is 13.0. The highest BCUT2D eigenvalue weighted by Gasteiger charge is 2.29. The standard InChI is InChI=1S/C15H25N3O2S/c1-4-13-11(3)21-15(16-13)17-14(20)8-18-10(2)6-5-7-12(18)9-19/h10,12,19H,4-9H2,1-3H3,(H,16,17,20). The minimum Gasteiger partial charge on any atom is -0.395 e. The zero-order valence-electron chi connectivity index (χ0n) is 13.1. The number of nitrogens with one attached hydrogen (secondary N) is 1. The first kappa shape index (κ1) is 16.4. The first-order valence-electron chi connectivity index (χ1n) is 7.67. The van der Waals surface area contributed by atoms with Crippen molar-refractivity contribution < 1.29 is 9.90 Å². The van der Waals surface area contributed by atoms with Gasteiger partial charge >= 0.3 is 0 Å². The van der Waals surface area contributed by atoms with E-state index in [4.69, 9.17) is 0 Å². The Hall–Kier alpha value is -0.980. The summed E-state index contributed by atoms with van der Waals surface area (Å²) >= 11 is 1.53. The number of rotatable bonds is 5. The molecule has 2 rings (SSSR count). The number of aliphatic hydroxyl groups is 1. The van der Waals surface area contributed by atoms with E-state index in [-0.39, 0.29) is 18.6 Å². The number of hydrogen-bond donors (Lipinski definition) is 2. The van der Waals surface area contributed by atoms with Crippen LogP contribution in [-0.2, 0) is 11.2 Å². The molecule has 1 aromatic heterocycles. The molecule has 0 aliphatic carbocycles. The van der Waals surface area contributed by atoms with Crippen LogP contribution in [-0.4, -0.2) is 46.1 Å². The third-order valence-electron chi connectivity index (χ3n) is 4.21. The average molecular weight is 311 g/mol. The summed E-state index contributed by atoms with van der Waals surface area (Å²) in [6, 6.07) is 0.439. The molecule has 1 saturated heterocycles. The Morgan fingerprint density at radius 1 is 1.52 bits per heavy atom. The van der Waals surface area contributed by atoms with Crippen molar-refractivity contribution in [3.05, 3.63) is 10.6 Å². The topological polar surface area (TPSA) is 65.5 Å². The van der Waals surface area contributed by atoms with Crippen molar-refractivity contribution in [2.45, 2.75) is 58.5 Å². The zero-order valence-corrected chi connectivity index (χ0v) is 13.9. The monoisotopic (exact) mass is 311 g/mol. The van der Waals surface area contributed by atoms with Crippen molar-refractivity contribution in [2.75, 3.05) is 18.5 Å². The number of thiazole rings is 1. The third kappa shape index (κ3) is 4.02. The van der Waals surface area contributed by atoms with Crippen molar-refractivity contribution in [1.82, 2.24) is 9.88 Å². The molecule has 2 N–H and O–H groups in total. The summed E-state index contributed by atoms with van der Waals surface area (Å²) in [5.74, 6) is -0.0430. The van der Waals surface area contributed by atoms with E-state index in [1.165, 1.54) is 11.3 Å². The Morgan fingerprint density at radius 3 is 2.90 bits per heavy atom. The fourth-order valence-electron chi connectivity index (χ4n) is 2.96. The molecule has 0 bridgehead atoms. The summed E-state index contributed by atoms with van der Waals surface area (Å²) in [4.78, 5) is 19.9. The van der Waals surface area contributed by atoms with E-state index < -0.39 is 0 Å². The van der Waals surface area contributed by atoms with Gasteiger partial charge in [-0.2, -0.15) is 0 Å². The van der Waals surface area contributed by atoms with E-state index in [1.54, 1.807) is 0 Å². The van der Waals surface area contributed by atoms with Crippen molar-refractivity contribution >= 4 is 22.4 Å². The highest BCUT2D eigenvalue weighted by atomic mass is 32.1. The average Bonchev–Trinajstić information content (AvgIpc) is 2.80. The van der Waals surface area contributed by atoms with Gasteiger partial charge in [-0.3, -0.25) is 9.69 Å². The summed E-state index contributed by atoms with van der Waals surface area (Å²) < 4.78 is 0. The Morgan fingerprint density at radius 2 is 2.29 bits per heavy atom. The molecule has 5 nitrogen and oxygen atoms in total. The summed E-state index contributed by atoms with van der Waals surface area (Å²) in [5.41, 5.74) is 1.05. The van der Waals surface area contributed by atoms with Crippen LogP contribution in [0.4, 0.5) is 5.13 Å². The second-order valence-electron chi connectivity index (χ2n) is 5.71. The van der Waals surface area contributed by atoms with Gasteiger partial charge in [0.1, 0.15) is 0 Å². The van der Waals surface area contributed by atoms with Gasteiger partial charge in [0.25, 0.3) is 0 Å². The molecule has 21 heavy (non-hydrogen) atoms. The van der Waals surface area contributed by atoms with Crippen LogP contribution in [0, 0.1) is 6.92 Å². The molecule has 1 aliphatic rings. The number of nitrogens with zero attached hydrogens (tertiary/aromatic N) is 2. The maximum absolute atomic E-state index is 12.2.